The van der Waals surface area contributed by atoms with Crippen LogP contribution in [0, 0.1) is 10.6 Å². The maximum Gasteiger partial charge on any atom is 0.307 e. The summed E-state index contributed by atoms with van der Waals surface area (Å²) >= 11 is 5.18. The number of carbonyl (C=O) groups is 1. The first kappa shape index (κ1) is 14.5. The minimum absolute atomic E-state index is 0.136. The van der Waals surface area contributed by atoms with Crippen molar-refractivity contribution in [3.63, 3.8) is 0 Å². The number of halogens is 1. The van der Waals surface area contributed by atoms with Crippen molar-refractivity contribution in [3.05, 3.63) is 22.7 Å². The molecule has 0 saturated heterocycles. The number of methoxy groups -OCH3 is 1. The molecule has 2 rings (SSSR count). The molecular weight excluding hydrogens is 283 g/mol. The number of aromatic nitrogens is 2. The van der Waals surface area contributed by atoms with E-state index in [9.17, 15) is 9.18 Å². The smallest absolute Gasteiger partial charge is 0.307 e. The number of hydrogen-bond acceptors (Lipinski definition) is 4. The van der Waals surface area contributed by atoms with Crippen LogP contribution < -0.4 is 4.74 Å². The van der Waals surface area contributed by atoms with Crippen molar-refractivity contribution in [3.8, 4) is 5.75 Å². The van der Waals surface area contributed by atoms with Gasteiger partial charge in [0.2, 0.25) is 0 Å². The zero-order valence-electron chi connectivity index (χ0n) is 11.2. The lowest BCUT2D eigenvalue weighted by molar-refractivity contribution is -0.143. The summed E-state index contributed by atoms with van der Waals surface area (Å²) in [7, 11) is 1.40. The molecule has 1 aromatic heterocycles. The summed E-state index contributed by atoms with van der Waals surface area (Å²) in [6.07, 6.45) is 0.203. The number of carbonyl (C=O) groups excluding carboxylic acids is 1. The standard InChI is InChI=1S/C13H15FN2O3S/c1-3-19-12(17)4-5-16-10-7-11(18-2)8(14)6-9(10)15-13(16)20/h6-7H,3-5H2,1-2H3,(H,15,20). The van der Waals surface area contributed by atoms with Crippen LogP contribution in [0.2, 0.25) is 0 Å². The topological polar surface area (TPSA) is 56.2 Å². The first-order chi connectivity index (χ1) is 9.56. The molecule has 2 aromatic rings. The highest BCUT2D eigenvalue weighted by atomic mass is 32.1. The third-order valence-electron chi connectivity index (χ3n) is 2.89. The van der Waals surface area contributed by atoms with Gasteiger partial charge in [-0.05, 0) is 19.1 Å². The van der Waals surface area contributed by atoms with Crippen molar-refractivity contribution in [2.75, 3.05) is 13.7 Å². The maximum absolute atomic E-state index is 13.6. The summed E-state index contributed by atoms with van der Waals surface area (Å²) in [4.78, 5) is 14.3. The van der Waals surface area contributed by atoms with Crippen molar-refractivity contribution >= 4 is 29.2 Å². The van der Waals surface area contributed by atoms with Gasteiger partial charge in [-0.2, -0.15) is 0 Å². The number of aryl methyl sites for hydroxylation is 1. The number of imidazole rings is 1. The molecule has 1 heterocycles. The van der Waals surface area contributed by atoms with Crippen LogP contribution in [0.25, 0.3) is 11.0 Å². The third kappa shape index (κ3) is 2.82. The average molecular weight is 298 g/mol. The van der Waals surface area contributed by atoms with Gasteiger partial charge < -0.3 is 19.0 Å². The molecule has 0 radical (unpaired) electrons. The highest BCUT2D eigenvalue weighted by Crippen LogP contribution is 2.24. The van der Waals surface area contributed by atoms with E-state index in [1.165, 1.54) is 13.2 Å². The van der Waals surface area contributed by atoms with E-state index in [2.05, 4.69) is 4.98 Å². The van der Waals surface area contributed by atoms with Gasteiger partial charge in [0.1, 0.15) is 0 Å². The number of benzene rings is 1. The monoisotopic (exact) mass is 298 g/mol. The summed E-state index contributed by atoms with van der Waals surface area (Å²) in [6, 6.07) is 2.88. The molecule has 5 nitrogen and oxygen atoms in total. The quantitative estimate of drug-likeness (QED) is 0.681. The molecule has 1 N–H and O–H groups in total. The van der Waals surface area contributed by atoms with Crippen LogP contribution in [0.3, 0.4) is 0 Å². The Kier molecular flexibility index (Phi) is 4.39. The summed E-state index contributed by atoms with van der Waals surface area (Å²) in [6.45, 7) is 2.46. The lowest BCUT2D eigenvalue weighted by atomic mass is 10.2. The van der Waals surface area contributed by atoms with E-state index in [-0.39, 0.29) is 18.1 Å². The van der Waals surface area contributed by atoms with Crippen molar-refractivity contribution in [2.45, 2.75) is 19.9 Å². The normalized spacial score (nSPS) is 10.8. The van der Waals surface area contributed by atoms with Gasteiger partial charge in [0.15, 0.2) is 16.3 Å². The molecule has 0 fully saturated rings. The predicted octanol–water partition coefficient (Wildman–Crippen LogP) is 2.80. The predicted molar refractivity (Wildman–Crippen MR) is 74.9 cm³/mol. The minimum Gasteiger partial charge on any atom is -0.494 e. The molecule has 0 unspecified atom stereocenters. The first-order valence-corrected chi connectivity index (χ1v) is 6.59. The molecule has 0 aliphatic rings. The Morgan fingerprint density at radius 3 is 2.90 bits per heavy atom. The molecule has 0 aliphatic heterocycles. The molecule has 1 aromatic carbocycles. The third-order valence-corrected chi connectivity index (χ3v) is 3.21. The molecule has 0 atom stereocenters. The molecule has 20 heavy (non-hydrogen) atoms. The van der Waals surface area contributed by atoms with Crippen molar-refractivity contribution in [1.29, 1.82) is 0 Å². The van der Waals surface area contributed by atoms with Crippen molar-refractivity contribution < 1.29 is 18.7 Å². The van der Waals surface area contributed by atoms with Crippen LogP contribution in [-0.2, 0) is 16.1 Å². The van der Waals surface area contributed by atoms with E-state index in [0.717, 1.165) is 0 Å². The van der Waals surface area contributed by atoms with Gasteiger partial charge in [0.05, 0.1) is 31.2 Å². The van der Waals surface area contributed by atoms with Crippen molar-refractivity contribution in [1.82, 2.24) is 9.55 Å². The van der Waals surface area contributed by atoms with Gasteiger partial charge in [0, 0.05) is 18.7 Å². The largest absolute Gasteiger partial charge is 0.494 e. The van der Waals surface area contributed by atoms with Gasteiger partial charge in [-0.15, -0.1) is 0 Å². The van der Waals surface area contributed by atoms with Crippen LogP contribution >= 0.6 is 12.2 Å². The second kappa shape index (κ2) is 6.04. The van der Waals surface area contributed by atoms with Crippen LogP contribution in [0.4, 0.5) is 4.39 Å². The van der Waals surface area contributed by atoms with E-state index in [4.69, 9.17) is 21.7 Å². The average Bonchev–Trinajstić information content (AvgIpc) is 2.70. The van der Waals surface area contributed by atoms with Crippen LogP contribution in [-0.4, -0.2) is 29.2 Å². The van der Waals surface area contributed by atoms with Gasteiger partial charge in [0.25, 0.3) is 0 Å². The molecule has 0 amide bonds. The zero-order chi connectivity index (χ0) is 14.7. The van der Waals surface area contributed by atoms with E-state index in [0.29, 0.717) is 29.0 Å². The highest BCUT2D eigenvalue weighted by molar-refractivity contribution is 7.71. The lowest BCUT2D eigenvalue weighted by Crippen LogP contribution is -2.09. The molecule has 108 valence electrons. The number of fused-ring (bicyclic) bond motifs is 1. The fourth-order valence-electron chi connectivity index (χ4n) is 1.97. The SMILES string of the molecule is CCOC(=O)CCn1c(=S)[nH]c2cc(F)c(OC)cc21. The Morgan fingerprint density at radius 2 is 2.25 bits per heavy atom. The Hall–Kier alpha value is -1.89. The summed E-state index contributed by atoms with van der Waals surface area (Å²) < 4.78 is 25.6. The zero-order valence-corrected chi connectivity index (χ0v) is 12.1. The van der Waals surface area contributed by atoms with E-state index in [1.807, 2.05) is 0 Å². The van der Waals surface area contributed by atoms with Crippen molar-refractivity contribution in [2.24, 2.45) is 0 Å². The number of esters is 1. The Labute approximate surface area is 120 Å². The molecule has 0 spiro atoms. The Morgan fingerprint density at radius 1 is 1.50 bits per heavy atom. The van der Waals surface area contributed by atoms with E-state index in [1.54, 1.807) is 17.6 Å². The molecule has 7 heteroatoms. The van der Waals surface area contributed by atoms with Gasteiger partial charge in [-0.3, -0.25) is 4.79 Å². The van der Waals surface area contributed by atoms with Gasteiger partial charge in [-0.25, -0.2) is 4.39 Å². The van der Waals surface area contributed by atoms with Gasteiger partial charge >= 0.3 is 5.97 Å². The highest BCUT2D eigenvalue weighted by Gasteiger charge is 2.12. The van der Waals surface area contributed by atoms with E-state index >= 15 is 0 Å². The molecule has 0 aliphatic carbocycles. The molecular formula is C13H15FN2O3S. The number of ether oxygens (including phenoxy) is 2. The molecule has 0 saturated carbocycles. The second-order valence-corrected chi connectivity index (χ2v) is 4.53. The summed E-state index contributed by atoms with van der Waals surface area (Å²) in [5.41, 5.74) is 1.26. The van der Waals surface area contributed by atoms with Crippen LogP contribution in [0.5, 0.6) is 5.75 Å². The van der Waals surface area contributed by atoms with Crippen LogP contribution in [0.1, 0.15) is 13.3 Å². The second-order valence-electron chi connectivity index (χ2n) is 4.14. The number of nitrogens with zero attached hydrogens (tertiary/aromatic N) is 1. The van der Waals surface area contributed by atoms with E-state index < -0.39 is 5.82 Å². The Balaban J connectivity index is 2.35. The lowest BCUT2D eigenvalue weighted by Gasteiger charge is -2.06. The Bertz CT molecular complexity index is 693. The summed E-state index contributed by atoms with van der Waals surface area (Å²) in [5.74, 6) is -0.622. The maximum atomic E-state index is 13.6. The molecule has 0 bridgehead atoms. The summed E-state index contributed by atoms with van der Waals surface area (Å²) in [5, 5.41) is 0. The number of hydrogen-bond donors (Lipinski definition) is 1. The first-order valence-electron chi connectivity index (χ1n) is 6.18. The van der Waals surface area contributed by atoms with Crippen LogP contribution in [0.15, 0.2) is 12.1 Å². The fourth-order valence-corrected chi connectivity index (χ4v) is 2.27. The number of H-pyrrole nitrogens is 1. The number of rotatable bonds is 5. The fraction of sp³-hybridized carbons (Fsp3) is 0.385. The minimum atomic E-state index is -0.464. The number of aromatic amines is 1. The number of nitrogens with one attached hydrogen (secondary N) is 1. The van der Waals surface area contributed by atoms with Gasteiger partial charge in [-0.1, -0.05) is 0 Å².